The highest BCUT2D eigenvalue weighted by atomic mass is 19.1. The van der Waals surface area contributed by atoms with Crippen LogP contribution in [0.2, 0.25) is 0 Å². The maximum absolute atomic E-state index is 13.7. The molecule has 104 valence electrons. The molecule has 2 rings (SSSR count). The second-order valence-electron chi connectivity index (χ2n) is 5.02. The number of halogens is 1. The van der Waals surface area contributed by atoms with Crippen molar-refractivity contribution in [3.05, 3.63) is 58.9 Å². The molecule has 0 aliphatic carbocycles. The van der Waals surface area contributed by atoms with Gasteiger partial charge in [0.25, 0.3) is 0 Å². The Morgan fingerprint density at radius 3 is 2.30 bits per heavy atom. The van der Waals surface area contributed by atoms with Crippen LogP contribution in [0.3, 0.4) is 0 Å². The van der Waals surface area contributed by atoms with E-state index in [0.29, 0.717) is 11.1 Å². The summed E-state index contributed by atoms with van der Waals surface area (Å²) in [5.41, 5.74) is 3.77. The summed E-state index contributed by atoms with van der Waals surface area (Å²) >= 11 is 0. The number of Topliss-reactive ketones (excluding diaryl/α,β-unsaturated/α-hetero) is 1. The first-order chi connectivity index (χ1) is 9.41. The Morgan fingerprint density at radius 1 is 1.05 bits per heavy atom. The number of aryl methyl sites for hydroxylation is 2. The Balaban J connectivity index is 2.60. The Bertz CT molecular complexity index is 664. The number of ketones is 1. The van der Waals surface area contributed by atoms with E-state index in [2.05, 4.69) is 0 Å². The van der Waals surface area contributed by atoms with Gasteiger partial charge in [0.2, 0.25) is 0 Å². The van der Waals surface area contributed by atoms with E-state index in [9.17, 15) is 9.18 Å². The van der Waals surface area contributed by atoms with Gasteiger partial charge in [-0.2, -0.15) is 0 Å². The average Bonchev–Trinajstić information content (AvgIpc) is 2.41. The van der Waals surface area contributed by atoms with Gasteiger partial charge in [-0.25, -0.2) is 4.39 Å². The monoisotopic (exact) mass is 271 g/mol. The smallest absolute Gasteiger partial charge is 0.162 e. The fourth-order valence-corrected chi connectivity index (χ4v) is 2.30. The van der Waals surface area contributed by atoms with Gasteiger partial charge in [-0.15, -0.1) is 0 Å². The van der Waals surface area contributed by atoms with Crippen molar-refractivity contribution in [2.75, 3.05) is 11.9 Å². The highest BCUT2D eigenvalue weighted by Gasteiger charge is 2.16. The molecule has 0 atom stereocenters. The summed E-state index contributed by atoms with van der Waals surface area (Å²) in [6.45, 7) is 5.17. The van der Waals surface area contributed by atoms with Crippen LogP contribution in [0.25, 0.3) is 0 Å². The van der Waals surface area contributed by atoms with Crippen molar-refractivity contribution in [1.29, 1.82) is 0 Å². The molecule has 3 heteroatoms. The SMILES string of the molecule is CC(=O)c1cc(F)c(C)cc1N(C)c1ccccc1C. The second-order valence-corrected chi connectivity index (χ2v) is 5.02. The van der Waals surface area contributed by atoms with Crippen LogP contribution >= 0.6 is 0 Å². The molecule has 0 bridgehead atoms. The van der Waals surface area contributed by atoms with E-state index in [0.717, 1.165) is 16.9 Å². The molecule has 0 heterocycles. The van der Waals surface area contributed by atoms with Gasteiger partial charge in [0.15, 0.2) is 5.78 Å². The van der Waals surface area contributed by atoms with Crippen LogP contribution in [-0.2, 0) is 0 Å². The molecule has 0 fully saturated rings. The van der Waals surface area contributed by atoms with Crippen molar-refractivity contribution >= 4 is 17.2 Å². The van der Waals surface area contributed by atoms with Gasteiger partial charge in [-0.05, 0) is 50.1 Å². The van der Waals surface area contributed by atoms with Crippen LogP contribution in [0.5, 0.6) is 0 Å². The van der Waals surface area contributed by atoms with E-state index in [1.165, 1.54) is 13.0 Å². The minimum atomic E-state index is -0.350. The van der Waals surface area contributed by atoms with Crippen molar-refractivity contribution in [3.8, 4) is 0 Å². The van der Waals surface area contributed by atoms with Gasteiger partial charge in [0, 0.05) is 18.3 Å². The zero-order valence-electron chi connectivity index (χ0n) is 12.2. The maximum atomic E-state index is 13.7. The third-order valence-electron chi connectivity index (χ3n) is 3.49. The van der Waals surface area contributed by atoms with E-state index < -0.39 is 0 Å². The molecule has 20 heavy (non-hydrogen) atoms. The predicted octanol–water partition coefficient (Wildman–Crippen LogP) is 4.41. The lowest BCUT2D eigenvalue weighted by atomic mass is 10.0. The number of para-hydroxylation sites is 1. The van der Waals surface area contributed by atoms with Gasteiger partial charge < -0.3 is 4.90 Å². The number of benzene rings is 2. The minimum Gasteiger partial charge on any atom is -0.344 e. The van der Waals surface area contributed by atoms with Crippen LogP contribution in [0.4, 0.5) is 15.8 Å². The van der Waals surface area contributed by atoms with Gasteiger partial charge >= 0.3 is 0 Å². The molecule has 0 saturated carbocycles. The van der Waals surface area contributed by atoms with Crippen LogP contribution in [0.15, 0.2) is 36.4 Å². The number of carbonyl (C=O) groups excluding carboxylic acids is 1. The lowest BCUT2D eigenvalue weighted by Crippen LogP contribution is -2.15. The normalized spacial score (nSPS) is 10.4. The minimum absolute atomic E-state index is 0.140. The van der Waals surface area contributed by atoms with E-state index in [-0.39, 0.29) is 11.6 Å². The molecule has 0 aliphatic rings. The van der Waals surface area contributed by atoms with Gasteiger partial charge in [-0.1, -0.05) is 18.2 Å². The maximum Gasteiger partial charge on any atom is 0.162 e. The Hall–Kier alpha value is -2.16. The third kappa shape index (κ3) is 2.57. The number of anilines is 2. The molecule has 0 radical (unpaired) electrons. The molecular weight excluding hydrogens is 253 g/mol. The third-order valence-corrected chi connectivity index (χ3v) is 3.49. The van der Waals surface area contributed by atoms with Crippen molar-refractivity contribution in [2.24, 2.45) is 0 Å². The number of hydrogen-bond donors (Lipinski definition) is 0. The molecule has 0 unspecified atom stereocenters. The summed E-state index contributed by atoms with van der Waals surface area (Å²) < 4.78 is 13.7. The zero-order valence-corrected chi connectivity index (χ0v) is 12.2. The molecule has 2 aromatic carbocycles. The zero-order chi connectivity index (χ0) is 14.9. The van der Waals surface area contributed by atoms with Crippen molar-refractivity contribution in [3.63, 3.8) is 0 Å². The van der Waals surface area contributed by atoms with Gasteiger partial charge in [-0.3, -0.25) is 4.79 Å². The number of rotatable bonds is 3. The molecule has 0 N–H and O–H groups in total. The molecule has 0 aromatic heterocycles. The first kappa shape index (κ1) is 14.3. The second kappa shape index (κ2) is 5.45. The van der Waals surface area contributed by atoms with Crippen molar-refractivity contribution in [2.45, 2.75) is 20.8 Å². The van der Waals surface area contributed by atoms with Gasteiger partial charge in [0.1, 0.15) is 5.82 Å². The van der Waals surface area contributed by atoms with Crippen molar-refractivity contribution < 1.29 is 9.18 Å². The Morgan fingerprint density at radius 2 is 1.70 bits per heavy atom. The van der Waals surface area contributed by atoms with Crippen LogP contribution in [0, 0.1) is 19.7 Å². The Kier molecular flexibility index (Phi) is 3.89. The van der Waals surface area contributed by atoms with E-state index in [4.69, 9.17) is 0 Å². The van der Waals surface area contributed by atoms with Crippen molar-refractivity contribution in [1.82, 2.24) is 0 Å². The van der Waals surface area contributed by atoms with E-state index in [1.54, 1.807) is 13.0 Å². The summed E-state index contributed by atoms with van der Waals surface area (Å²) in [7, 11) is 1.89. The lowest BCUT2D eigenvalue weighted by molar-refractivity contribution is 0.101. The predicted molar refractivity (Wildman–Crippen MR) is 80.4 cm³/mol. The highest BCUT2D eigenvalue weighted by molar-refractivity contribution is 6.00. The first-order valence-electron chi connectivity index (χ1n) is 6.52. The van der Waals surface area contributed by atoms with Crippen LogP contribution in [-0.4, -0.2) is 12.8 Å². The average molecular weight is 271 g/mol. The lowest BCUT2D eigenvalue weighted by Gasteiger charge is -2.24. The molecular formula is C17H18FNO. The molecule has 0 amide bonds. The largest absolute Gasteiger partial charge is 0.344 e. The summed E-state index contributed by atoms with van der Waals surface area (Å²) in [5, 5.41) is 0. The summed E-state index contributed by atoms with van der Waals surface area (Å²) in [6, 6.07) is 10.9. The summed E-state index contributed by atoms with van der Waals surface area (Å²) in [6.07, 6.45) is 0. The fourth-order valence-electron chi connectivity index (χ4n) is 2.30. The molecule has 0 aliphatic heterocycles. The quantitative estimate of drug-likeness (QED) is 0.770. The van der Waals surface area contributed by atoms with Crippen LogP contribution < -0.4 is 4.90 Å². The molecule has 0 saturated heterocycles. The number of carbonyl (C=O) groups is 1. The van der Waals surface area contributed by atoms with Gasteiger partial charge in [0.05, 0.1) is 5.69 Å². The van der Waals surface area contributed by atoms with E-state index in [1.807, 2.05) is 43.1 Å². The molecule has 2 nitrogen and oxygen atoms in total. The fraction of sp³-hybridized carbons (Fsp3) is 0.235. The topological polar surface area (TPSA) is 20.3 Å². The summed E-state index contributed by atoms with van der Waals surface area (Å²) in [5.74, 6) is -0.489. The highest BCUT2D eigenvalue weighted by Crippen LogP contribution is 2.31. The molecule has 0 spiro atoms. The number of nitrogens with zero attached hydrogens (tertiary/aromatic N) is 1. The molecule has 2 aromatic rings. The Labute approximate surface area is 118 Å². The van der Waals surface area contributed by atoms with Crippen LogP contribution in [0.1, 0.15) is 28.4 Å². The van der Waals surface area contributed by atoms with E-state index >= 15 is 0 Å². The first-order valence-corrected chi connectivity index (χ1v) is 6.52. The number of hydrogen-bond acceptors (Lipinski definition) is 2. The standard InChI is InChI=1S/C17H18FNO/c1-11-7-5-6-8-16(11)19(4)17-9-12(2)15(18)10-14(17)13(3)20/h5-10H,1-4H3. The summed E-state index contributed by atoms with van der Waals surface area (Å²) in [4.78, 5) is 13.7.